The molecule has 1 aliphatic heterocycles. The topological polar surface area (TPSA) is 93.2 Å². The molecule has 8 nitrogen and oxygen atoms in total. The van der Waals surface area contributed by atoms with Crippen LogP contribution in [0.15, 0.2) is 56.3 Å². The first-order valence-corrected chi connectivity index (χ1v) is 9.75. The average molecular weight is 410 g/mol. The molecule has 0 spiro atoms. The van der Waals surface area contributed by atoms with Gasteiger partial charge in [0.05, 0.1) is 6.26 Å². The molecule has 4 rings (SSSR count). The molecule has 0 saturated carbocycles. The van der Waals surface area contributed by atoms with Gasteiger partial charge in [0.2, 0.25) is 0 Å². The number of benzene rings is 1. The Morgan fingerprint density at radius 3 is 2.50 bits per heavy atom. The third-order valence-corrected chi connectivity index (χ3v) is 5.19. The lowest BCUT2D eigenvalue weighted by molar-refractivity contribution is -0.139. The Balaban J connectivity index is 1.38. The van der Waals surface area contributed by atoms with Gasteiger partial charge in [-0.3, -0.25) is 9.59 Å². The summed E-state index contributed by atoms with van der Waals surface area (Å²) in [6, 6.07) is 9.91. The van der Waals surface area contributed by atoms with E-state index in [4.69, 9.17) is 13.6 Å². The summed E-state index contributed by atoms with van der Waals surface area (Å²) >= 11 is 0. The minimum Gasteiger partial charge on any atom is -0.481 e. The van der Waals surface area contributed by atoms with Crippen molar-refractivity contribution in [3.63, 3.8) is 0 Å². The highest BCUT2D eigenvalue weighted by molar-refractivity contribution is 5.91. The van der Waals surface area contributed by atoms with Crippen molar-refractivity contribution in [2.75, 3.05) is 26.2 Å². The van der Waals surface area contributed by atoms with Crippen molar-refractivity contribution in [3.8, 4) is 5.75 Å². The van der Waals surface area contributed by atoms with Gasteiger partial charge in [-0.1, -0.05) is 0 Å². The third-order valence-electron chi connectivity index (χ3n) is 5.19. The van der Waals surface area contributed by atoms with E-state index in [-0.39, 0.29) is 11.8 Å². The number of carbonyl (C=O) groups is 2. The second-order valence-corrected chi connectivity index (χ2v) is 7.26. The van der Waals surface area contributed by atoms with Crippen LogP contribution in [0.25, 0.3) is 11.0 Å². The monoisotopic (exact) mass is 410 g/mol. The molecule has 156 valence electrons. The first-order chi connectivity index (χ1) is 14.4. The van der Waals surface area contributed by atoms with Gasteiger partial charge in [-0.05, 0) is 43.7 Å². The van der Waals surface area contributed by atoms with Gasteiger partial charge in [0.15, 0.2) is 11.9 Å². The molecule has 8 heteroatoms. The molecule has 30 heavy (non-hydrogen) atoms. The quantitative estimate of drug-likeness (QED) is 0.614. The van der Waals surface area contributed by atoms with Gasteiger partial charge < -0.3 is 23.4 Å². The normalized spacial score (nSPS) is 15.3. The number of rotatable bonds is 4. The van der Waals surface area contributed by atoms with E-state index in [2.05, 4.69) is 0 Å². The van der Waals surface area contributed by atoms with Crippen molar-refractivity contribution in [1.29, 1.82) is 0 Å². The Hall–Kier alpha value is -3.55. The highest BCUT2D eigenvalue weighted by Crippen LogP contribution is 2.23. The van der Waals surface area contributed by atoms with Gasteiger partial charge >= 0.3 is 5.63 Å². The van der Waals surface area contributed by atoms with E-state index in [9.17, 15) is 14.4 Å². The summed E-state index contributed by atoms with van der Waals surface area (Å²) in [5, 5.41) is 0.818. The molecule has 1 saturated heterocycles. The average Bonchev–Trinajstić information content (AvgIpc) is 3.27. The molecule has 2 aromatic heterocycles. The third kappa shape index (κ3) is 3.94. The lowest BCUT2D eigenvalue weighted by Gasteiger charge is -2.35. The van der Waals surface area contributed by atoms with Crippen LogP contribution >= 0.6 is 0 Å². The molecule has 3 aromatic rings. The maximum absolute atomic E-state index is 12.8. The van der Waals surface area contributed by atoms with Gasteiger partial charge in [0.25, 0.3) is 11.8 Å². The maximum Gasteiger partial charge on any atom is 0.336 e. The zero-order chi connectivity index (χ0) is 21.3. The van der Waals surface area contributed by atoms with Crippen LogP contribution in [0.5, 0.6) is 5.75 Å². The predicted molar refractivity (Wildman–Crippen MR) is 109 cm³/mol. The smallest absolute Gasteiger partial charge is 0.336 e. The standard InChI is InChI=1S/C22H22N2O6/c1-14-12-20(25)30-19-13-16(5-6-17(14)19)29-15(2)21(26)23-7-9-24(10-8-23)22(27)18-4-3-11-28-18/h3-6,11-13,15H,7-10H2,1-2H3. The molecular weight excluding hydrogens is 388 g/mol. The molecule has 1 atom stereocenters. The first-order valence-electron chi connectivity index (χ1n) is 9.75. The molecule has 2 amide bonds. The number of carbonyl (C=O) groups excluding carboxylic acids is 2. The van der Waals surface area contributed by atoms with Crippen molar-refractivity contribution in [2.45, 2.75) is 20.0 Å². The zero-order valence-electron chi connectivity index (χ0n) is 16.8. The molecular formula is C22H22N2O6. The summed E-state index contributed by atoms with van der Waals surface area (Å²) in [6.07, 6.45) is 0.747. The van der Waals surface area contributed by atoms with Gasteiger partial charge in [-0.2, -0.15) is 0 Å². The largest absolute Gasteiger partial charge is 0.481 e. The van der Waals surface area contributed by atoms with Crippen molar-refractivity contribution in [3.05, 3.63) is 64.4 Å². The van der Waals surface area contributed by atoms with Crippen LogP contribution in [0.3, 0.4) is 0 Å². The van der Waals surface area contributed by atoms with Crippen LogP contribution in [-0.4, -0.2) is 53.9 Å². The molecule has 1 aromatic carbocycles. The lowest BCUT2D eigenvalue weighted by atomic mass is 10.1. The summed E-state index contributed by atoms with van der Waals surface area (Å²) in [5.41, 5.74) is 0.810. The number of fused-ring (bicyclic) bond motifs is 1. The highest BCUT2D eigenvalue weighted by atomic mass is 16.5. The minimum atomic E-state index is -0.716. The lowest BCUT2D eigenvalue weighted by Crippen LogP contribution is -2.53. The Morgan fingerprint density at radius 1 is 1.07 bits per heavy atom. The molecule has 0 aliphatic carbocycles. The van der Waals surface area contributed by atoms with Crippen LogP contribution < -0.4 is 10.4 Å². The SMILES string of the molecule is Cc1cc(=O)oc2cc(OC(C)C(=O)N3CCN(C(=O)c4ccco4)CC3)ccc12. The first kappa shape index (κ1) is 19.8. The van der Waals surface area contributed by atoms with Gasteiger partial charge in [-0.15, -0.1) is 0 Å². The fourth-order valence-electron chi connectivity index (χ4n) is 3.58. The van der Waals surface area contributed by atoms with E-state index in [1.807, 2.05) is 6.92 Å². The summed E-state index contributed by atoms with van der Waals surface area (Å²) in [4.78, 5) is 40.1. The summed E-state index contributed by atoms with van der Waals surface area (Å²) in [5.74, 6) is 0.406. The van der Waals surface area contributed by atoms with Gasteiger partial charge in [-0.25, -0.2) is 4.79 Å². The number of nitrogens with zero attached hydrogens (tertiary/aromatic N) is 2. The second kappa shape index (κ2) is 8.06. The van der Waals surface area contributed by atoms with Crippen molar-refractivity contribution < 1.29 is 23.2 Å². The van der Waals surface area contributed by atoms with Gasteiger partial charge in [0.1, 0.15) is 11.3 Å². The molecule has 1 aliphatic rings. The number of furan rings is 1. The zero-order valence-corrected chi connectivity index (χ0v) is 16.8. The summed E-state index contributed by atoms with van der Waals surface area (Å²) < 4.78 is 16.2. The maximum atomic E-state index is 12.8. The van der Waals surface area contributed by atoms with E-state index >= 15 is 0 Å². The summed E-state index contributed by atoms with van der Waals surface area (Å²) in [7, 11) is 0. The fraction of sp³-hybridized carbons (Fsp3) is 0.318. The van der Waals surface area contributed by atoms with Crippen LogP contribution in [0.4, 0.5) is 0 Å². The van der Waals surface area contributed by atoms with Crippen LogP contribution in [-0.2, 0) is 4.79 Å². The number of aryl methyl sites for hydroxylation is 1. The number of hydrogen-bond donors (Lipinski definition) is 0. The van der Waals surface area contributed by atoms with E-state index in [0.29, 0.717) is 43.3 Å². The van der Waals surface area contributed by atoms with Crippen LogP contribution in [0.1, 0.15) is 23.0 Å². The second-order valence-electron chi connectivity index (χ2n) is 7.26. The fourth-order valence-corrected chi connectivity index (χ4v) is 3.58. The minimum absolute atomic E-state index is 0.161. The van der Waals surface area contributed by atoms with E-state index < -0.39 is 11.7 Å². The molecule has 0 N–H and O–H groups in total. The van der Waals surface area contributed by atoms with E-state index in [1.165, 1.54) is 12.3 Å². The van der Waals surface area contributed by atoms with Crippen molar-refractivity contribution in [2.24, 2.45) is 0 Å². The number of ether oxygens (including phenoxy) is 1. The Kier molecular flexibility index (Phi) is 5.31. The van der Waals surface area contributed by atoms with Crippen molar-refractivity contribution in [1.82, 2.24) is 9.80 Å². The van der Waals surface area contributed by atoms with E-state index in [0.717, 1.165) is 10.9 Å². The highest BCUT2D eigenvalue weighted by Gasteiger charge is 2.29. The van der Waals surface area contributed by atoms with Gasteiger partial charge in [0, 0.05) is 43.7 Å². The Bertz CT molecular complexity index is 1130. The molecule has 0 radical (unpaired) electrons. The molecule has 1 fully saturated rings. The Morgan fingerprint density at radius 2 is 1.80 bits per heavy atom. The molecule has 3 heterocycles. The van der Waals surface area contributed by atoms with Crippen LogP contribution in [0, 0.1) is 6.92 Å². The Labute approximate surface area is 172 Å². The predicted octanol–water partition coefficient (Wildman–Crippen LogP) is 2.45. The number of piperazine rings is 1. The number of hydrogen-bond acceptors (Lipinski definition) is 6. The van der Waals surface area contributed by atoms with Crippen molar-refractivity contribution >= 4 is 22.8 Å². The number of amides is 2. The van der Waals surface area contributed by atoms with E-state index in [1.54, 1.807) is 47.1 Å². The summed E-state index contributed by atoms with van der Waals surface area (Å²) in [6.45, 7) is 5.22. The molecule has 0 bridgehead atoms. The van der Waals surface area contributed by atoms with Crippen LogP contribution in [0.2, 0.25) is 0 Å². The molecule has 1 unspecified atom stereocenters.